The molecule has 2 heteroatoms. The summed E-state index contributed by atoms with van der Waals surface area (Å²) in [5.74, 6) is 0. The van der Waals surface area contributed by atoms with Gasteiger partial charge in [-0.15, -0.1) is 11.3 Å². The highest BCUT2D eigenvalue weighted by molar-refractivity contribution is 7.12. The molecule has 0 aliphatic heterocycles. The fraction of sp³-hybridized carbons (Fsp3) is 0.444. The van der Waals surface area contributed by atoms with Crippen LogP contribution in [0.15, 0.2) is 5.38 Å². The van der Waals surface area contributed by atoms with Crippen molar-refractivity contribution in [3.63, 3.8) is 0 Å². The van der Waals surface area contributed by atoms with Gasteiger partial charge < -0.3 is 0 Å². The Kier molecular flexibility index (Phi) is 1.78. The highest BCUT2D eigenvalue weighted by Crippen LogP contribution is 2.28. The molecule has 1 aliphatic carbocycles. The molecule has 0 radical (unpaired) electrons. The Hall–Kier alpha value is -0.630. The van der Waals surface area contributed by atoms with Gasteiger partial charge >= 0.3 is 0 Å². The summed E-state index contributed by atoms with van der Waals surface area (Å²) in [6.07, 6.45) is 5.84. The zero-order valence-electron chi connectivity index (χ0n) is 6.30. The number of carbonyl (C=O) groups excluding carboxylic acids is 1. The minimum Gasteiger partial charge on any atom is -0.297 e. The third-order valence-electron chi connectivity index (χ3n) is 2.24. The fourth-order valence-corrected chi connectivity index (χ4v) is 2.61. The molecule has 1 nitrogen and oxygen atoms in total. The average molecular weight is 166 g/mol. The molecule has 1 aliphatic rings. The van der Waals surface area contributed by atoms with E-state index in [0.717, 1.165) is 17.6 Å². The predicted octanol–water partition coefficient (Wildman–Crippen LogP) is 2.44. The van der Waals surface area contributed by atoms with Crippen LogP contribution in [0.1, 0.15) is 33.6 Å². The molecule has 0 bridgehead atoms. The quantitative estimate of drug-likeness (QED) is 0.586. The van der Waals surface area contributed by atoms with Crippen molar-refractivity contribution in [2.75, 3.05) is 0 Å². The molecule has 1 aromatic rings. The highest BCUT2D eigenvalue weighted by atomic mass is 32.1. The van der Waals surface area contributed by atoms with Crippen LogP contribution in [0.2, 0.25) is 0 Å². The number of fused-ring (bicyclic) bond motifs is 1. The number of hydrogen-bond acceptors (Lipinski definition) is 2. The van der Waals surface area contributed by atoms with Crippen LogP contribution in [0.3, 0.4) is 0 Å². The third kappa shape index (κ3) is 1.11. The molecule has 0 amide bonds. The Morgan fingerprint density at radius 1 is 1.36 bits per heavy atom. The van der Waals surface area contributed by atoms with Crippen LogP contribution in [0.5, 0.6) is 0 Å². The van der Waals surface area contributed by atoms with Crippen LogP contribution < -0.4 is 0 Å². The Balaban J connectivity index is 2.45. The summed E-state index contributed by atoms with van der Waals surface area (Å²) in [5.41, 5.74) is 2.75. The Labute approximate surface area is 70.1 Å². The van der Waals surface area contributed by atoms with E-state index >= 15 is 0 Å². The summed E-state index contributed by atoms with van der Waals surface area (Å²) in [7, 11) is 0. The molecular formula is C9H10OS. The smallest absolute Gasteiger partial charge is 0.160 e. The van der Waals surface area contributed by atoms with Crippen LogP contribution in [0.4, 0.5) is 0 Å². The van der Waals surface area contributed by atoms with Crippen LogP contribution in [-0.4, -0.2) is 6.29 Å². The SMILES string of the molecule is O=Cc1scc2c1CCCC2. The minimum atomic E-state index is 0.958. The Morgan fingerprint density at radius 3 is 3.00 bits per heavy atom. The first kappa shape index (κ1) is 7.04. The largest absolute Gasteiger partial charge is 0.297 e. The Bertz CT molecular complexity index is 275. The van der Waals surface area contributed by atoms with Gasteiger partial charge in [-0.2, -0.15) is 0 Å². The van der Waals surface area contributed by atoms with Crippen molar-refractivity contribution in [3.05, 3.63) is 21.4 Å². The molecule has 0 unspecified atom stereocenters. The lowest BCUT2D eigenvalue weighted by atomic mass is 9.94. The monoisotopic (exact) mass is 166 g/mol. The van der Waals surface area contributed by atoms with Crippen molar-refractivity contribution in [2.24, 2.45) is 0 Å². The molecule has 2 rings (SSSR count). The topological polar surface area (TPSA) is 17.1 Å². The minimum absolute atomic E-state index is 0.958. The summed E-state index contributed by atoms with van der Waals surface area (Å²) >= 11 is 1.60. The van der Waals surface area contributed by atoms with Gasteiger partial charge in [-0.05, 0) is 42.2 Å². The second kappa shape index (κ2) is 2.78. The number of rotatable bonds is 1. The molecule has 0 N–H and O–H groups in total. The maximum Gasteiger partial charge on any atom is 0.160 e. The van der Waals surface area contributed by atoms with Gasteiger partial charge in [0.15, 0.2) is 6.29 Å². The normalized spacial score (nSPS) is 16.0. The zero-order valence-corrected chi connectivity index (χ0v) is 7.12. The van der Waals surface area contributed by atoms with Gasteiger partial charge in [0.2, 0.25) is 0 Å². The lowest BCUT2D eigenvalue weighted by Crippen LogP contribution is -2.00. The molecule has 0 aromatic carbocycles. The van der Waals surface area contributed by atoms with E-state index in [-0.39, 0.29) is 0 Å². The average Bonchev–Trinajstić information content (AvgIpc) is 2.47. The van der Waals surface area contributed by atoms with Gasteiger partial charge in [-0.1, -0.05) is 0 Å². The molecule has 1 heterocycles. The summed E-state index contributed by atoms with van der Waals surface area (Å²) < 4.78 is 0. The molecule has 0 saturated carbocycles. The maximum absolute atomic E-state index is 10.5. The van der Waals surface area contributed by atoms with Crippen molar-refractivity contribution >= 4 is 17.6 Å². The van der Waals surface area contributed by atoms with E-state index < -0.39 is 0 Å². The second-order valence-electron chi connectivity index (χ2n) is 2.93. The van der Waals surface area contributed by atoms with Crippen LogP contribution in [-0.2, 0) is 12.8 Å². The van der Waals surface area contributed by atoms with Gasteiger partial charge in [-0.3, -0.25) is 4.79 Å². The maximum atomic E-state index is 10.5. The first-order valence-electron chi connectivity index (χ1n) is 3.96. The molecule has 1 aromatic heterocycles. The van der Waals surface area contributed by atoms with Crippen molar-refractivity contribution in [3.8, 4) is 0 Å². The van der Waals surface area contributed by atoms with Gasteiger partial charge in [0, 0.05) is 0 Å². The first-order valence-corrected chi connectivity index (χ1v) is 4.84. The van der Waals surface area contributed by atoms with Gasteiger partial charge in [-0.25, -0.2) is 0 Å². The lowest BCUT2D eigenvalue weighted by Gasteiger charge is -2.10. The van der Waals surface area contributed by atoms with Crippen LogP contribution in [0, 0.1) is 0 Å². The number of thiophene rings is 1. The molecule has 0 saturated heterocycles. The summed E-state index contributed by atoms with van der Waals surface area (Å²) in [5, 5.41) is 2.14. The van der Waals surface area contributed by atoms with Crippen molar-refractivity contribution in [2.45, 2.75) is 25.7 Å². The second-order valence-corrected chi connectivity index (χ2v) is 3.84. The van der Waals surface area contributed by atoms with Crippen LogP contribution >= 0.6 is 11.3 Å². The van der Waals surface area contributed by atoms with E-state index in [4.69, 9.17) is 0 Å². The van der Waals surface area contributed by atoms with E-state index in [1.165, 1.54) is 30.4 Å². The molecule has 58 valence electrons. The highest BCUT2D eigenvalue weighted by Gasteiger charge is 2.14. The standard InChI is InChI=1S/C9H10OS/c10-5-9-8-4-2-1-3-7(8)6-11-9/h5-6H,1-4H2. The van der Waals surface area contributed by atoms with E-state index in [1.54, 1.807) is 11.3 Å². The van der Waals surface area contributed by atoms with E-state index in [2.05, 4.69) is 5.38 Å². The van der Waals surface area contributed by atoms with Gasteiger partial charge in [0.25, 0.3) is 0 Å². The fourth-order valence-electron chi connectivity index (χ4n) is 1.64. The van der Waals surface area contributed by atoms with Crippen molar-refractivity contribution < 1.29 is 4.79 Å². The molecule has 0 atom stereocenters. The van der Waals surface area contributed by atoms with Crippen molar-refractivity contribution in [1.82, 2.24) is 0 Å². The predicted molar refractivity (Wildman–Crippen MR) is 46.3 cm³/mol. The van der Waals surface area contributed by atoms with E-state index in [1.807, 2.05) is 0 Å². The molecule has 0 spiro atoms. The molecule has 0 fully saturated rings. The van der Waals surface area contributed by atoms with E-state index in [9.17, 15) is 4.79 Å². The number of aldehydes is 1. The summed E-state index contributed by atoms with van der Waals surface area (Å²) in [6, 6.07) is 0. The first-order chi connectivity index (χ1) is 5.42. The van der Waals surface area contributed by atoms with Gasteiger partial charge in [0.05, 0.1) is 4.88 Å². The number of hydrogen-bond donors (Lipinski definition) is 0. The number of carbonyl (C=O) groups is 1. The van der Waals surface area contributed by atoms with Crippen LogP contribution in [0.25, 0.3) is 0 Å². The zero-order chi connectivity index (χ0) is 7.68. The van der Waals surface area contributed by atoms with Gasteiger partial charge in [0.1, 0.15) is 0 Å². The summed E-state index contributed by atoms with van der Waals surface area (Å²) in [6.45, 7) is 0. The third-order valence-corrected chi connectivity index (χ3v) is 3.24. The lowest BCUT2D eigenvalue weighted by molar-refractivity contribution is 0.112. The molecule has 11 heavy (non-hydrogen) atoms. The molecular weight excluding hydrogens is 156 g/mol. The number of aryl methyl sites for hydroxylation is 1. The summed E-state index contributed by atoms with van der Waals surface area (Å²) in [4.78, 5) is 11.5. The Morgan fingerprint density at radius 2 is 2.18 bits per heavy atom. The van der Waals surface area contributed by atoms with Crippen molar-refractivity contribution in [1.29, 1.82) is 0 Å². The van der Waals surface area contributed by atoms with E-state index in [0.29, 0.717) is 0 Å².